The third-order valence-electron chi connectivity index (χ3n) is 4.73. The number of ether oxygens (including phenoxy) is 1. The van der Waals surface area contributed by atoms with E-state index in [-0.39, 0.29) is 5.97 Å². The summed E-state index contributed by atoms with van der Waals surface area (Å²) in [6.07, 6.45) is 4.67. The SMILES string of the molecule is CCOC(=O)C(C)(CC(C)N1CCCC(CC)C1)NC. The number of likely N-dealkylation sites (N-methyl/N-ethyl adjacent to an activating group) is 1. The Morgan fingerprint density at radius 2 is 2.20 bits per heavy atom. The van der Waals surface area contributed by atoms with Crippen LogP contribution in [0.5, 0.6) is 0 Å². The first-order valence-electron chi connectivity index (χ1n) is 8.07. The standard InChI is InChI=1S/C16H32N2O2/c1-6-14-9-8-10-18(12-14)13(3)11-16(4,17-5)15(19)20-7-2/h13-14,17H,6-12H2,1-5H3. The van der Waals surface area contributed by atoms with E-state index in [4.69, 9.17) is 4.74 Å². The summed E-state index contributed by atoms with van der Waals surface area (Å²) >= 11 is 0. The first kappa shape index (κ1) is 17.4. The molecule has 4 nitrogen and oxygen atoms in total. The lowest BCUT2D eigenvalue weighted by Crippen LogP contribution is -2.54. The number of esters is 1. The van der Waals surface area contributed by atoms with Gasteiger partial charge in [-0.05, 0) is 59.5 Å². The summed E-state index contributed by atoms with van der Waals surface area (Å²) < 4.78 is 5.21. The lowest BCUT2D eigenvalue weighted by Gasteiger charge is -2.39. The van der Waals surface area contributed by atoms with Gasteiger partial charge in [0.25, 0.3) is 0 Å². The second kappa shape index (κ2) is 7.99. The van der Waals surface area contributed by atoms with Gasteiger partial charge < -0.3 is 15.0 Å². The molecule has 3 unspecified atom stereocenters. The molecule has 4 heteroatoms. The molecule has 0 bridgehead atoms. The van der Waals surface area contributed by atoms with Gasteiger partial charge >= 0.3 is 5.97 Å². The summed E-state index contributed by atoms with van der Waals surface area (Å²) in [5.41, 5.74) is -0.589. The first-order chi connectivity index (χ1) is 9.46. The molecule has 0 aromatic heterocycles. The van der Waals surface area contributed by atoms with Crippen molar-refractivity contribution in [3.05, 3.63) is 0 Å². The third-order valence-corrected chi connectivity index (χ3v) is 4.73. The quantitative estimate of drug-likeness (QED) is 0.729. The molecule has 1 N–H and O–H groups in total. The molecule has 3 atom stereocenters. The second-order valence-electron chi connectivity index (χ2n) is 6.27. The van der Waals surface area contributed by atoms with Gasteiger partial charge in [-0.2, -0.15) is 0 Å². The average molecular weight is 284 g/mol. The van der Waals surface area contributed by atoms with Crippen LogP contribution in [0.4, 0.5) is 0 Å². The Bertz CT molecular complexity index is 309. The number of likely N-dealkylation sites (tertiary alicyclic amines) is 1. The molecule has 1 rings (SSSR count). The molecule has 1 aliphatic heterocycles. The van der Waals surface area contributed by atoms with Crippen LogP contribution in [-0.2, 0) is 9.53 Å². The molecule has 0 spiro atoms. The number of nitrogens with one attached hydrogen (secondary N) is 1. The molecule has 0 aromatic carbocycles. The summed E-state index contributed by atoms with van der Waals surface area (Å²) in [5.74, 6) is 0.674. The van der Waals surface area contributed by atoms with Crippen molar-refractivity contribution >= 4 is 5.97 Å². The Morgan fingerprint density at radius 3 is 2.75 bits per heavy atom. The highest BCUT2D eigenvalue weighted by Crippen LogP contribution is 2.24. The number of hydrogen-bond acceptors (Lipinski definition) is 4. The zero-order chi connectivity index (χ0) is 15.2. The van der Waals surface area contributed by atoms with E-state index < -0.39 is 5.54 Å². The van der Waals surface area contributed by atoms with E-state index in [0.717, 1.165) is 18.9 Å². The van der Waals surface area contributed by atoms with Crippen molar-refractivity contribution < 1.29 is 9.53 Å². The number of piperidine rings is 1. The maximum Gasteiger partial charge on any atom is 0.326 e. The maximum atomic E-state index is 12.1. The monoisotopic (exact) mass is 284 g/mol. The number of nitrogens with zero attached hydrogens (tertiary/aromatic N) is 1. The van der Waals surface area contributed by atoms with Gasteiger partial charge in [0.1, 0.15) is 5.54 Å². The van der Waals surface area contributed by atoms with E-state index in [9.17, 15) is 4.79 Å². The average Bonchev–Trinajstić information content (AvgIpc) is 2.47. The molecule has 0 radical (unpaired) electrons. The summed E-state index contributed by atoms with van der Waals surface area (Å²) in [4.78, 5) is 14.7. The molecule has 0 aromatic rings. The van der Waals surface area contributed by atoms with Crippen molar-refractivity contribution in [2.45, 2.75) is 65.0 Å². The van der Waals surface area contributed by atoms with Crippen LogP contribution in [0.15, 0.2) is 0 Å². The molecule has 0 saturated carbocycles. The van der Waals surface area contributed by atoms with Crippen LogP contribution in [-0.4, -0.2) is 49.2 Å². The molecule has 1 saturated heterocycles. The fourth-order valence-corrected chi connectivity index (χ4v) is 3.13. The van der Waals surface area contributed by atoms with Crippen LogP contribution >= 0.6 is 0 Å². The molecule has 0 amide bonds. The highest BCUT2D eigenvalue weighted by atomic mass is 16.5. The minimum absolute atomic E-state index is 0.140. The summed E-state index contributed by atoms with van der Waals surface area (Å²) in [5, 5.41) is 3.16. The highest BCUT2D eigenvalue weighted by molar-refractivity contribution is 5.80. The Kier molecular flexibility index (Phi) is 6.96. The van der Waals surface area contributed by atoms with Gasteiger partial charge in [-0.1, -0.05) is 13.3 Å². The first-order valence-corrected chi connectivity index (χ1v) is 8.07. The summed E-state index contributed by atoms with van der Waals surface area (Å²) in [6, 6.07) is 0.395. The van der Waals surface area contributed by atoms with Gasteiger partial charge in [0.15, 0.2) is 0 Å². The van der Waals surface area contributed by atoms with Crippen molar-refractivity contribution in [3.8, 4) is 0 Å². The van der Waals surface area contributed by atoms with Gasteiger partial charge in [0.2, 0.25) is 0 Å². The Balaban J connectivity index is 2.62. The van der Waals surface area contributed by atoms with Crippen molar-refractivity contribution in [2.24, 2.45) is 5.92 Å². The van der Waals surface area contributed by atoms with Crippen LogP contribution in [0.3, 0.4) is 0 Å². The minimum Gasteiger partial charge on any atom is -0.465 e. The lowest BCUT2D eigenvalue weighted by atomic mass is 9.89. The Labute approximate surface area is 124 Å². The largest absolute Gasteiger partial charge is 0.465 e. The van der Waals surface area contributed by atoms with E-state index >= 15 is 0 Å². The minimum atomic E-state index is -0.589. The van der Waals surface area contributed by atoms with Crippen molar-refractivity contribution in [3.63, 3.8) is 0 Å². The van der Waals surface area contributed by atoms with E-state index in [2.05, 4.69) is 24.1 Å². The van der Waals surface area contributed by atoms with Crippen LogP contribution in [0.25, 0.3) is 0 Å². The van der Waals surface area contributed by atoms with Crippen molar-refractivity contribution in [1.82, 2.24) is 10.2 Å². The van der Waals surface area contributed by atoms with Crippen molar-refractivity contribution in [2.75, 3.05) is 26.7 Å². The zero-order valence-corrected chi connectivity index (χ0v) is 13.9. The Hall–Kier alpha value is -0.610. The van der Waals surface area contributed by atoms with Crippen LogP contribution in [0.1, 0.15) is 53.4 Å². The lowest BCUT2D eigenvalue weighted by molar-refractivity contribution is -0.151. The molecule has 0 aliphatic carbocycles. The fraction of sp³-hybridized carbons (Fsp3) is 0.938. The smallest absolute Gasteiger partial charge is 0.326 e. The molecular formula is C16H32N2O2. The third kappa shape index (κ3) is 4.45. The topological polar surface area (TPSA) is 41.6 Å². The van der Waals surface area contributed by atoms with Gasteiger partial charge in [0.05, 0.1) is 6.61 Å². The molecule has 1 aliphatic rings. The molecule has 118 valence electrons. The van der Waals surface area contributed by atoms with Crippen LogP contribution < -0.4 is 5.32 Å². The highest BCUT2D eigenvalue weighted by Gasteiger charge is 2.36. The van der Waals surface area contributed by atoms with Crippen LogP contribution in [0, 0.1) is 5.92 Å². The Morgan fingerprint density at radius 1 is 1.50 bits per heavy atom. The number of rotatable bonds is 7. The predicted molar refractivity (Wildman–Crippen MR) is 82.8 cm³/mol. The number of hydrogen-bond donors (Lipinski definition) is 1. The molecule has 1 fully saturated rings. The summed E-state index contributed by atoms with van der Waals surface area (Å²) in [7, 11) is 1.84. The zero-order valence-electron chi connectivity index (χ0n) is 13.9. The molecule has 20 heavy (non-hydrogen) atoms. The van der Waals surface area contributed by atoms with E-state index in [1.165, 1.54) is 25.8 Å². The predicted octanol–water partition coefficient (Wildman–Crippen LogP) is 2.43. The van der Waals surface area contributed by atoms with Gasteiger partial charge in [-0.3, -0.25) is 4.79 Å². The molecular weight excluding hydrogens is 252 g/mol. The molecule has 1 heterocycles. The number of carbonyl (C=O) groups is 1. The van der Waals surface area contributed by atoms with Gasteiger partial charge in [-0.15, -0.1) is 0 Å². The van der Waals surface area contributed by atoms with E-state index in [1.54, 1.807) is 0 Å². The second-order valence-corrected chi connectivity index (χ2v) is 6.27. The van der Waals surface area contributed by atoms with Crippen LogP contribution in [0.2, 0.25) is 0 Å². The van der Waals surface area contributed by atoms with E-state index in [0.29, 0.717) is 12.6 Å². The van der Waals surface area contributed by atoms with Gasteiger partial charge in [0, 0.05) is 12.6 Å². The number of carbonyl (C=O) groups excluding carboxylic acids is 1. The van der Waals surface area contributed by atoms with Gasteiger partial charge in [-0.25, -0.2) is 0 Å². The maximum absolute atomic E-state index is 12.1. The fourth-order valence-electron chi connectivity index (χ4n) is 3.13. The van der Waals surface area contributed by atoms with Crippen molar-refractivity contribution in [1.29, 1.82) is 0 Å². The normalized spacial score (nSPS) is 24.9. The summed E-state index contributed by atoms with van der Waals surface area (Å²) in [6.45, 7) is 11.1. The van der Waals surface area contributed by atoms with E-state index in [1.807, 2.05) is 20.9 Å².